The zero-order chi connectivity index (χ0) is 24.6. The number of likely N-dealkylation sites (N-methyl/N-ethyl adjacent to an activating group) is 1. The quantitative estimate of drug-likeness (QED) is 0.569. The first-order valence-electron chi connectivity index (χ1n) is 10.5. The number of amides is 2. The first kappa shape index (κ1) is 25.2. The van der Waals surface area contributed by atoms with E-state index in [-0.39, 0.29) is 24.9 Å². The molecule has 2 aliphatic rings. The Morgan fingerprint density at radius 2 is 2.00 bits per heavy atom. The predicted octanol–water partition coefficient (Wildman–Crippen LogP) is 1.58. The van der Waals surface area contributed by atoms with E-state index in [0.29, 0.717) is 24.9 Å². The molecule has 1 fully saturated rings. The van der Waals surface area contributed by atoms with Crippen molar-refractivity contribution in [2.24, 2.45) is 0 Å². The summed E-state index contributed by atoms with van der Waals surface area (Å²) < 4.78 is 67.5. The van der Waals surface area contributed by atoms with E-state index < -0.39 is 33.5 Å². The minimum atomic E-state index is -5.51. The molecule has 0 aromatic heterocycles. The summed E-state index contributed by atoms with van der Waals surface area (Å²) in [7, 11) is -5.51. The first-order chi connectivity index (χ1) is 15.4. The second-order valence-corrected chi connectivity index (χ2v) is 9.70. The minimum Gasteiger partial charge on any atom is -0.492 e. The number of alkyl halides is 3. The van der Waals surface area contributed by atoms with Gasteiger partial charge in [0.25, 0.3) is 11.8 Å². The third kappa shape index (κ3) is 5.25. The molecule has 1 heterocycles. The van der Waals surface area contributed by atoms with E-state index in [1.165, 1.54) is 22.8 Å². The van der Waals surface area contributed by atoms with Crippen LogP contribution in [0, 0.1) is 6.92 Å². The molecular formula is C20H26F3N3O6S. The van der Waals surface area contributed by atoms with Gasteiger partial charge in [-0.25, -0.2) is 18.2 Å². The Hall–Kier alpha value is -2.38. The Morgan fingerprint density at radius 1 is 1.33 bits per heavy atom. The van der Waals surface area contributed by atoms with E-state index in [9.17, 15) is 31.2 Å². The maximum atomic E-state index is 13.0. The van der Waals surface area contributed by atoms with Crippen molar-refractivity contribution in [1.82, 2.24) is 15.1 Å². The van der Waals surface area contributed by atoms with Gasteiger partial charge in [0.2, 0.25) is 0 Å². The molecule has 33 heavy (non-hydrogen) atoms. The Morgan fingerprint density at radius 3 is 2.61 bits per heavy atom. The van der Waals surface area contributed by atoms with Crippen LogP contribution in [0.4, 0.5) is 13.2 Å². The van der Waals surface area contributed by atoms with Crippen molar-refractivity contribution in [3.05, 3.63) is 28.3 Å². The van der Waals surface area contributed by atoms with Crippen LogP contribution < -0.4 is 14.8 Å². The molecule has 0 bridgehead atoms. The first-order valence-corrected chi connectivity index (χ1v) is 12.0. The highest BCUT2D eigenvalue weighted by Gasteiger charge is 2.46. The summed E-state index contributed by atoms with van der Waals surface area (Å²) in [5.41, 5.74) is -2.63. The Bertz CT molecular complexity index is 1040. The van der Waals surface area contributed by atoms with E-state index in [1.54, 1.807) is 13.8 Å². The average Bonchev–Trinajstić information content (AvgIpc) is 3.34. The third-order valence-electron chi connectivity index (χ3n) is 5.57. The largest absolute Gasteiger partial charge is 0.511 e. The van der Waals surface area contributed by atoms with Crippen molar-refractivity contribution >= 4 is 21.8 Å². The van der Waals surface area contributed by atoms with Gasteiger partial charge in [0.15, 0.2) is 0 Å². The van der Waals surface area contributed by atoms with Crippen LogP contribution in [0.25, 0.3) is 0 Å². The normalized spacial score (nSPS) is 19.5. The number of hydrogen-bond donors (Lipinski definition) is 2. The minimum absolute atomic E-state index is 0.0205. The lowest BCUT2D eigenvalue weighted by molar-refractivity contribution is -0.160. The van der Waals surface area contributed by atoms with Crippen molar-refractivity contribution in [2.75, 3.05) is 19.8 Å². The third-order valence-corrected chi connectivity index (χ3v) is 6.89. The highest BCUT2D eigenvalue weighted by Crippen LogP contribution is 2.35. The predicted molar refractivity (Wildman–Crippen MR) is 111 cm³/mol. The van der Waals surface area contributed by atoms with Gasteiger partial charge < -0.3 is 10.1 Å². The average molecular weight is 494 g/mol. The Balaban J connectivity index is 1.77. The highest BCUT2D eigenvalue weighted by molar-refractivity contribution is 7.90. The monoisotopic (exact) mass is 493 g/mol. The summed E-state index contributed by atoms with van der Waals surface area (Å²) >= 11 is 0. The number of halogens is 3. The number of nitrogens with zero attached hydrogens (tertiary/aromatic N) is 1. The van der Waals surface area contributed by atoms with Crippen molar-refractivity contribution in [3.63, 3.8) is 0 Å². The molecule has 0 saturated carbocycles. The lowest BCUT2D eigenvalue weighted by Crippen LogP contribution is -2.43. The van der Waals surface area contributed by atoms with Gasteiger partial charge in [-0.2, -0.15) is 13.2 Å². The number of sulfonamides is 1. The topological polar surface area (TPSA) is 114 Å². The molecule has 1 aliphatic carbocycles. The summed E-state index contributed by atoms with van der Waals surface area (Å²) in [4.78, 5) is 30.5. The fourth-order valence-electron chi connectivity index (χ4n) is 3.92. The van der Waals surface area contributed by atoms with Crippen LogP contribution in [0.5, 0.6) is 5.75 Å². The molecule has 2 N–H and O–H groups in total. The molecule has 184 valence electrons. The van der Waals surface area contributed by atoms with Gasteiger partial charge in [-0.05, 0) is 62.8 Å². The zero-order valence-corrected chi connectivity index (χ0v) is 19.2. The smallest absolute Gasteiger partial charge is 0.492 e. The molecule has 1 aromatic rings. The standard InChI is InChI=1S/C20H26F3N3O6S/c1-4-26-19(28)16(10-32-26)24-18(27)15-8-17(12(3)13-6-5-7-14(13)15)31-9-11(2)25-33(29,30)20(21,22)23/h8,11,16,25H,4-7,9-10H2,1-3H3,(H,24,27)/t11-,16+/m0/s1. The maximum Gasteiger partial charge on any atom is 0.511 e. The molecule has 1 saturated heterocycles. The molecular weight excluding hydrogens is 467 g/mol. The number of hydrogen-bond acceptors (Lipinski definition) is 6. The second-order valence-electron chi connectivity index (χ2n) is 7.99. The van der Waals surface area contributed by atoms with Crippen LogP contribution in [0.2, 0.25) is 0 Å². The second kappa shape index (κ2) is 9.47. The van der Waals surface area contributed by atoms with E-state index in [4.69, 9.17) is 9.57 Å². The van der Waals surface area contributed by atoms with Crippen molar-refractivity contribution in [3.8, 4) is 5.75 Å². The molecule has 2 atom stereocenters. The molecule has 3 rings (SSSR count). The number of carbonyl (C=O) groups excluding carboxylic acids is 2. The molecule has 0 radical (unpaired) electrons. The lowest BCUT2D eigenvalue weighted by atomic mass is 9.97. The van der Waals surface area contributed by atoms with Crippen LogP contribution >= 0.6 is 0 Å². The highest BCUT2D eigenvalue weighted by atomic mass is 32.2. The number of fused-ring (bicyclic) bond motifs is 1. The number of rotatable bonds is 8. The number of benzene rings is 1. The van der Waals surface area contributed by atoms with Gasteiger partial charge in [0.1, 0.15) is 25.0 Å². The Labute approximate surface area is 189 Å². The van der Waals surface area contributed by atoms with Crippen LogP contribution in [0.1, 0.15) is 47.3 Å². The number of ether oxygens (including phenoxy) is 1. The number of nitrogens with one attached hydrogen (secondary N) is 2. The van der Waals surface area contributed by atoms with Crippen LogP contribution in [0.3, 0.4) is 0 Å². The molecule has 9 nitrogen and oxygen atoms in total. The van der Waals surface area contributed by atoms with Crippen LogP contribution in [-0.2, 0) is 32.5 Å². The van der Waals surface area contributed by atoms with Crippen LogP contribution in [-0.4, -0.2) is 62.6 Å². The van der Waals surface area contributed by atoms with Crippen molar-refractivity contribution < 1.29 is 40.8 Å². The SMILES string of the molecule is CCN1OC[C@@H](NC(=O)c2cc(OC[C@H](C)NS(=O)(=O)C(F)(F)F)c(C)c3c2CCC3)C1=O. The van der Waals surface area contributed by atoms with Gasteiger partial charge in [-0.1, -0.05) is 0 Å². The summed E-state index contributed by atoms with van der Waals surface area (Å²) in [5.74, 6) is -0.566. The fraction of sp³-hybridized carbons (Fsp3) is 0.600. The van der Waals surface area contributed by atoms with Gasteiger partial charge in [0, 0.05) is 12.1 Å². The number of carbonyl (C=O) groups is 2. The van der Waals surface area contributed by atoms with E-state index in [0.717, 1.165) is 23.1 Å². The van der Waals surface area contributed by atoms with Gasteiger partial charge in [0.05, 0.1) is 6.04 Å². The zero-order valence-electron chi connectivity index (χ0n) is 18.4. The molecule has 13 heteroatoms. The van der Waals surface area contributed by atoms with Crippen molar-refractivity contribution in [1.29, 1.82) is 0 Å². The molecule has 0 unspecified atom stereocenters. The molecule has 2 amide bonds. The van der Waals surface area contributed by atoms with Gasteiger partial charge in [-0.3, -0.25) is 14.4 Å². The summed E-state index contributed by atoms with van der Waals surface area (Å²) in [5, 5.41) is 3.84. The summed E-state index contributed by atoms with van der Waals surface area (Å²) in [6, 6.07) is -0.510. The summed E-state index contributed by atoms with van der Waals surface area (Å²) in [6.45, 7) is 4.75. The molecule has 0 spiro atoms. The van der Waals surface area contributed by atoms with Crippen molar-refractivity contribution in [2.45, 2.75) is 57.6 Å². The number of hydroxylamine groups is 2. The van der Waals surface area contributed by atoms with Crippen LogP contribution in [0.15, 0.2) is 6.07 Å². The van der Waals surface area contributed by atoms with Gasteiger partial charge in [-0.15, -0.1) is 0 Å². The van der Waals surface area contributed by atoms with Gasteiger partial charge >= 0.3 is 15.5 Å². The Kier molecular flexibility index (Phi) is 7.24. The summed E-state index contributed by atoms with van der Waals surface area (Å²) in [6.07, 6.45) is 2.18. The fourth-order valence-corrected chi connectivity index (χ4v) is 4.65. The van der Waals surface area contributed by atoms with E-state index in [2.05, 4.69) is 5.32 Å². The lowest BCUT2D eigenvalue weighted by Gasteiger charge is -2.20. The van der Waals surface area contributed by atoms with E-state index in [1.807, 2.05) is 0 Å². The maximum absolute atomic E-state index is 13.0. The molecule has 1 aliphatic heterocycles. The molecule has 1 aromatic carbocycles. The van der Waals surface area contributed by atoms with E-state index >= 15 is 0 Å².